The van der Waals surface area contributed by atoms with Crippen LogP contribution in [-0.2, 0) is 13.8 Å². The van der Waals surface area contributed by atoms with Crippen molar-refractivity contribution in [3.05, 3.63) is 0 Å². The van der Waals surface area contributed by atoms with Gasteiger partial charge in [0.1, 0.15) is 0 Å². The van der Waals surface area contributed by atoms with Crippen LogP contribution < -0.4 is 68.9 Å². The van der Waals surface area contributed by atoms with Crippen LogP contribution in [-0.4, -0.2) is 19.8 Å². The van der Waals surface area contributed by atoms with Gasteiger partial charge in [-0.3, -0.25) is 0 Å². The van der Waals surface area contributed by atoms with Crippen molar-refractivity contribution in [3.8, 4) is 0 Å². The molecule has 0 aliphatic rings. The second kappa shape index (κ2) is 11.6. The first kappa shape index (κ1) is 21.4. The molecule has 0 aliphatic heterocycles. The van der Waals surface area contributed by atoms with E-state index >= 15 is 0 Å². The minimum Gasteiger partial charge on any atom is -0.790 e. The van der Waals surface area contributed by atoms with E-state index in [1.54, 1.807) is 0 Å². The summed E-state index contributed by atoms with van der Waals surface area (Å²) in [6.45, 7) is 4.40. The topological polar surface area (TPSA) is 81.7 Å². The monoisotopic (exact) mass is 242 g/mol. The first-order chi connectivity index (χ1) is 5.42. The van der Waals surface area contributed by atoms with Crippen molar-refractivity contribution in [2.24, 2.45) is 5.92 Å². The van der Waals surface area contributed by atoms with E-state index in [2.05, 4.69) is 4.52 Å². The van der Waals surface area contributed by atoms with Crippen molar-refractivity contribution in [1.82, 2.24) is 0 Å². The van der Waals surface area contributed by atoms with Gasteiger partial charge in [0.15, 0.2) is 0 Å². The average Bonchev–Trinajstić information content (AvgIpc) is 1.83. The Balaban J connectivity index is -0.000000605. The minimum absolute atomic E-state index is 0. The van der Waals surface area contributed by atoms with E-state index in [4.69, 9.17) is 4.74 Å². The van der Waals surface area contributed by atoms with Crippen LogP contribution in [0.1, 0.15) is 13.8 Å². The van der Waals surface area contributed by atoms with Crippen LogP contribution in [0.3, 0.4) is 0 Å². The Bertz CT molecular complexity index is 160. The Kier molecular flexibility index (Phi) is 17.6. The molecule has 0 atom stereocenters. The van der Waals surface area contributed by atoms with Crippen LogP contribution in [0.25, 0.3) is 0 Å². The van der Waals surface area contributed by atoms with Gasteiger partial charge >= 0.3 is 59.1 Å². The standard InChI is InChI=1S/C6H15O5P.2Na/c1-6(2)5-10-3-4-11-12(7,8)9;;/h6H,3-5H2,1-2H3,(H2,7,8,9);;/q;2*+1/p-2. The van der Waals surface area contributed by atoms with E-state index in [1.807, 2.05) is 13.8 Å². The van der Waals surface area contributed by atoms with Crippen molar-refractivity contribution in [2.45, 2.75) is 13.8 Å². The van der Waals surface area contributed by atoms with E-state index < -0.39 is 7.82 Å². The van der Waals surface area contributed by atoms with Crippen molar-refractivity contribution in [1.29, 1.82) is 0 Å². The van der Waals surface area contributed by atoms with Gasteiger partial charge in [-0.2, -0.15) is 0 Å². The maximum Gasteiger partial charge on any atom is 1.00 e. The summed E-state index contributed by atoms with van der Waals surface area (Å²) < 4.78 is 18.8. The number of phosphoric acid groups is 1. The summed E-state index contributed by atoms with van der Waals surface area (Å²) in [5.41, 5.74) is 0. The van der Waals surface area contributed by atoms with Gasteiger partial charge < -0.3 is 23.6 Å². The molecular weight excluding hydrogens is 229 g/mol. The molecule has 0 rings (SSSR count). The van der Waals surface area contributed by atoms with E-state index in [9.17, 15) is 14.4 Å². The Labute approximate surface area is 129 Å². The third-order valence-electron chi connectivity index (χ3n) is 0.928. The molecule has 0 radical (unpaired) electrons. The zero-order valence-electron chi connectivity index (χ0n) is 9.19. The molecule has 0 bridgehead atoms. The normalized spacial score (nSPS) is 10.6. The number of rotatable bonds is 6. The Morgan fingerprint density at radius 3 is 2.07 bits per heavy atom. The van der Waals surface area contributed by atoms with Gasteiger partial charge in [-0.1, -0.05) is 13.8 Å². The van der Waals surface area contributed by atoms with Crippen molar-refractivity contribution in [2.75, 3.05) is 19.8 Å². The summed E-state index contributed by atoms with van der Waals surface area (Å²) in [5.74, 6) is 0.385. The van der Waals surface area contributed by atoms with E-state index in [0.717, 1.165) is 0 Å². The van der Waals surface area contributed by atoms with Gasteiger partial charge in [0.05, 0.1) is 21.0 Å². The molecule has 0 N–H and O–H groups in total. The molecule has 0 saturated carbocycles. The summed E-state index contributed by atoms with van der Waals surface area (Å²) in [6, 6.07) is 0. The number of phosphoric ester groups is 1. The summed E-state index contributed by atoms with van der Waals surface area (Å²) >= 11 is 0. The SMILES string of the molecule is CC(C)COCCOP(=O)([O-])[O-].[Na+].[Na+]. The first-order valence-corrected chi connectivity index (χ1v) is 5.12. The van der Waals surface area contributed by atoms with Gasteiger partial charge in [-0.05, 0) is 5.92 Å². The predicted molar refractivity (Wildman–Crippen MR) is 39.2 cm³/mol. The molecule has 0 aromatic rings. The summed E-state index contributed by atoms with van der Waals surface area (Å²) in [7, 11) is -4.81. The molecule has 14 heavy (non-hydrogen) atoms. The summed E-state index contributed by atoms with van der Waals surface area (Å²) in [4.78, 5) is 19.8. The minimum atomic E-state index is -4.81. The molecule has 5 nitrogen and oxygen atoms in total. The van der Waals surface area contributed by atoms with E-state index in [-0.39, 0.29) is 72.3 Å². The summed E-state index contributed by atoms with van der Waals surface area (Å²) in [5, 5.41) is 0. The van der Waals surface area contributed by atoms with Gasteiger partial charge in [0.2, 0.25) is 0 Å². The predicted octanol–water partition coefficient (Wildman–Crippen LogP) is -6.49. The maximum absolute atomic E-state index is 9.92. The fraction of sp³-hybridized carbons (Fsp3) is 1.00. The van der Waals surface area contributed by atoms with Gasteiger partial charge in [0, 0.05) is 6.61 Å². The Hall–Kier alpha value is 2.07. The van der Waals surface area contributed by atoms with Crippen molar-refractivity contribution in [3.63, 3.8) is 0 Å². The number of ether oxygens (including phenoxy) is 1. The van der Waals surface area contributed by atoms with E-state index in [0.29, 0.717) is 12.5 Å². The quantitative estimate of drug-likeness (QED) is 0.263. The third kappa shape index (κ3) is 19.6. The molecule has 0 unspecified atom stereocenters. The molecule has 0 aromatic heterocycles. The van der Waals surface area contributed by atoms with E-state index in [1.165, 1.54) is 0 Å². The molecule has 8 heteroatoms. The zero-order chi connectivity index (χ0) is 9.61. The van der Waals surface area contributed by atoms with Crippen LogP contribution in [0.2, 0.25) is 0 Å². The van der Waals surface area contributed by atoms with Gasteiger partial charge in [-0.15, -0.1) is 0 Å². The average molecular weight is 242 g/mol. The molecular formula is C6H13Na2O5P. The van der Waals surface area contributed by atoms with Crippen molar-refractivity contribution < 1.29 is 82.7 Å². The molecule has 0 aliphatic carbocycles. The fourth-order valence-electron chi connectivity index (χ4n) is 0.527. The summed E-state index contributed by atoms with van der Waals surface area (Å²) in [6.07, 6.45) is 0. The zero-order valence-corrected chi connectivity index (χ0v) is 14.1. The second-order valence-electron chi connectivity index (χ2n) is 2.75. The third-order valence-corrected chi connectivity index (χ3v) is 1.43. The smallest absolute Gasteiger partial charge is 0.790 e. The number of hydrogen-bond acceptors (Lipinski definition) is 5. The second-order valence-corrected chi connectivity index (χ2v) is 3.90. The van der Waals surface area contributed by atoms with Gasteiger partial charge in [0.25, 0.3) is 0 Å². The molecule has 0 aromatic carbocycles. The molecule has 0 heterocycles. The van der Waals surface area contributed by atoms with Crippen LogP contribution in [0, 0.1) is 5.92 Å². The fourth-order valence-corrected chi connectivity index (χ4v) is 0.825. The van der Waals surface area contributed by atoms with Crippen LogP contribution in [0.5, 0.6) is 0 Å². The molecule has 0 amide bonds. The maximum atomic E-state index is 9.92. The molecule has 0 spiro atoms. The Morgan fingerprint density at radius 2 is 1.71 bits per heavy atom. The largest absolute Gasteiger partial charge is 1.00 e. The molecule has 0 saturated heterocycles. The molecule has 0 fully saturated rings. The van der Waals surface area contributed by atoms with Crippen molar-refractivity contribution >= 4 is 7.82 Å². The Morgan fingerprint density at radius 1 is 1.21 bits per heavy atom. The molecule has 74 valence electrons. The van der Waals surface area contributed by atoms with Crippen LogP contribution in [0.4, 0.5) is 0 Å². The first-order valence-electron chi connectivity index (χ1n) is 3.66. The number of hydrogen-bond donors (Lipinski definition) is 0. The van der Waals surface area contributed by atoms with Crippen LogP contribution in [0.15, 0.2) is 0 Å². The van der Waals surface area contributed by atoms with Crippen LogP contribution >= 0.6 is 7.82 Å². The van der Waals surface area contributed by atoms with Gasteiger partial charge in [-0.25, -0.2) is 0 Å².